The van der Waals surface area contributed by atoms with Gasteiger partial charge in [-0.15, -0.1) is 0 Å². The zero-order chi connectivity index (χ0) is 15.5. The van der Waals surface area contributed by atoms with Gasteiger partial charge in [0.15, 0.2) is 0 Å². The lowest BCUT2D eigenvalue weighted by Gasteiger charge is -2.11. The number of benzene rings is 2. The molecule has 2 aromatic rings. The molecule has 21 heavy (non-hydrogen) atoms. The van der Waals surface area contributed by atoms with Gasteiger partial charge in [-0.05, 0) is 40.2 Å². The van der Waals surface area contributed by atoms with E-state index in [9.17, 15) is 8.42 Å². The maximum absolute atomic E-state index is 11.3. The SMILES string of the molecule is COc1ccccc1COc1ccc(S(N)(=O)=O)cc1Br. The third-order valence-corrected chi connectivity index (χ3v) is 4.34. The molecule has 112 valence electrons. The standard InChI is InChI=1S/C14H14BrNO4S/c1-19-13-5-3-2-4-10(13)9-20-14-7-6-11(8-12(14)15)21(16,17)18/h2-8H,9H2,1H3,(H2,16,17,18). The fourth-order valence-corrected chi connectivity index (χ4v) is 2.94. The maximum Gasteiger partial charge on any atom is 0.238 e. The molecular formula is C14H14BrNO4S. The molecule has 0 fully saturated rings. The molecule has 0 unspecified atom stereocenters. The predicted molar refractivity (Wildman–Crippen MR) is 82.8 cm³/mol. The van der Waals surface area contributed by atoms with Crippen molar-refractivity contribution in [2.45, 2.75) is 11.5 Å². The van der Waals surface area contributed by atoms with Crippen LogP contribution < -0.4 is 14.6 Å². The number of hydrogen-bond acceptors (Lipinski definition) is 4. The molecule has 5 nitrogen and oxygen atoms in total. The van der Waals surface area contributed by atoms with Crippen LogP contribution in [0.1, 0.15) is 5.56 Å². The predicted octanol–water partition coefficient (Wildman–Crippen LogP) is 2.68. The number of hydrogen-bond donors (Lipinski definition) is 1. The number of nitrogens with two attached hydrogens (primary N) is 1. The van der Waals surface area contributed by atoms with E-state index < -0.39 is 10.0 Å². The number of sulfonamides is 1. The van der Waals surface area contributed by atoms with Crippen molar-refractivity contribution in [2.75, 3.05) is 7.11 Å². The number of ether oxygens (including phenoxy) is 2. The number of methoxy groups -OCH3 is 1. The summed E-state index contributed by atoms with van der Waals surface area (Å²) in [5.74, 6) is 1.25. The van der Waals surface area contributed by atoms with Crippen molar-refractivity contribution < 1.29 is 17.9 Å². The fourth-order valence-electron chi connectivity index (χ4n) is 1.75. The quantitative estimate of drug-likeness (QED) is 0.875. The topological polar surface area (TPSA) is 78.6 Å². The molecule has 2 N–H and O–H groups in total. The molecular weight excluding hydrogens is 358 g/mol. The van der Waals surface area contributed by atoms with Gasteiger partial charge in [-0.2, -0.15) is 0 Å². The van der Waals surface area contributed by atoms with Crippen LogP contribution in [0.25, 0.3) is 0 Å². The number of halogens is 1. The normalized spacial score (nSPS) is 11.2. The average molecular weight is 372 g/mol. The summed E-state index contributed by atoms with van der Waals surface area (Å²) in [4.78, 5) is 0.0269. The van der Waals surface area contributed by atoms with Gasteiger partial charge in [-0.3, -0.25) is 0 Å². The molecule has 0 atom stereocenters. The van der Waals surface area contributed by atoms with Crippen LogP contribution in [0.4, 0.5) is 0 Å². The third kappa shape index (κ3) is 3.96. The van der Waals surface area contributed by atoms with Crippen LogP contribution >= 0.6 is 15.9 Å². The van der Waals surface area contributed by atoms with Crippen LogP contribution in [-0.4, -0.2) is 15.5 Å². The first kappa shape index (κ1) is 15.8. The highest BCUT2D eigenvalue weighted by Gasteiger charge is 2.11. The van der Waals surface area contributed by atoms with E-state index in [0.29, 0.717) is 16.8 Å². The van der Waals surface area contributed by atoms with Gasteiger partial charge in [0.2, 0.25) is 10.0 Å². The van der Waals surface area contributed by atoms with E-state index in [1.165, 1.54) is 12.1 Å². The molecule has 0 aliphatic carbocycles. The summed E-state index contributed by atoms with van der Waals surface area (Å²) in [6, 6.07) is 11.9. The van der Waals surface area contributed by atoms with E-state index in [1.54, 1.807) is 13.2 Å². The van der Waals surface area contributed by atoms with Crippen LogP contribution in [0.2, 0.25) is 0 Å². The zero-order valence-electron chi connectivity index (χ0n) is 11.2. The van der Waals surface area contributed by atoms with Gasteiger partial charge in [-0.1, -0.05) is 18.2 Å². The first-order valence-corrected chi connectivity index (χ1v) is 8.33. The molecule has 0 bridgehead atoms. The van der Waals surface area contributed by atoms with Crippen molar-refractivity contribution in [1.29, 1.82) is 0 Å². The van der Waals surface area contributed by atoms with Gasteiger partial charge in [0.05, 0.1) is 16.5 Å². The van der Waals surface area contributed by atoms with Crippen molar-refractivity contribution in [2.24, 2.45) is 5.14 Å². The number of rotatable bonds is 5. The van der Waals surface area contributed by atoms with Crippen molar-refractivity contribution in [3.8, 4) is 11.5 Å². The Kier molecular flexibility index (Phi) is 4.87. The highest BCUT2D eigenvalue weighted by molar-refractivity contribution is 9.10. The minimum atomic E-state index is -3.73. The van der Waals surface area contributed by atoms with Gasteiger partial charge in [0, 0.05) is 5.56 Å². The Morgan fingerprint density at radius 3 is 2.48 bits per heavy atom. The van der Waals surface area contributed by atoms with Crippen LogP contribution in [0.5, 0.6) is 11.5 Å². The first-order valence-electron chi connectivity index (χ1n) is 5.99. The van der Waals surface area contributed by atoms with Crippen LogP contribution in [0, 0.1) is 0 Å². The third-order valence-electron chi connectivity index (χ3n) is 2.81. The minimum absolute atomic E-state index is 0.0269. The fraction of sp³-hybridized carbons (Fsp3) is 0.143. The number of para-hydroxylation sites is 1. The molecule has 2 rings (SSSR count). The van der Waals surface area contributed by atoms with Gasteiger partial charge < -0.3 is 9.47 Å². The molecule has 0 amide bonds. The highest BCUT2D eigenvalue weighted by Crippen LogP contribution is 2.29. The van der Waals surface area contributed by atoms with Crippen molar-refractivity contribution in [3.63, 3.8) is 0 Å². The van der Waals surface area contributed by atoms with E-state index in [0.717, 1.165) is 11.3 Å². The second kappa shape index (κ2) is 6.46. The Morgan fingerprint density at radius 1 is 1.14 bits per heavy atom. The number of primary sulfonamides is 1. The van der Waals surface area contributed by atoms with E-state index in [4.69, 9.17) is 14.6 Å². The highest BCUT2D eigenvalue weighted by atomic mass is 79.9. The summed E-state index contributed by atoms with van der Waals surface area (Å²) in [5, 5.41) is 5.07. The molecule has 0 heterocycles. The second-order valence-corrected chi connectivity index (χ2v) is 6.65. The lowest BCUT2D eigenvalue weighted by atomic mass is 10.2. The van der Waals surface area contributed by atoms with Gasteiger partial charge in [-0.25, -0.2) is 13.6 Å². The van der Waals surface area contributed by atoms with Crippen LogP contribution in [-0.2, 0) is 16.6 Å². The average Bonchev–Trinajstić information content (AvgIpc) is 2.45. The smallest absolute Gasteiger partial charge is 0.238 e. The largest absolute Gasteiger partial charge is 0.496 e. The van der Waals surface area contributed by atoms with E-state index in [-0.39, 0.29) is 4.90 Å². The molecule has 7 heteroatoms. The first-order chi connectivity index (χ1) is 9.91. The van der Waals surface area contributed by atoms with E-state index in [2.05, 4.69) is 15.9 Å². The van der Waals surface area contributed by atoms with E-state index >= 15 is 0 Å². The minimum Gasteiger partial charge on any atom is -0.496 e. The van der Waals surface area contributed by atoms with Gasteiger partial charge in [0.1, 0.15) is 18.1 Å². The maximum atomic E-state index is 11.3. The van der Waals surface area contributed by atoms with E-state index in [1.807, 2.05) is 24.3 Å². The van der Waals surface area contributed by atoms with Crippen LogP contribution in [0.3, 0.4) is 0 Å². The van der Waals surface area contributed by atoms with Gasteiger partial charge >= 0.3 is 0 Å². The van der Waals surface area contributed by atoms with Crippen LogP contribution in [0.15, 0.2) is 51.8 Å². The van der Waals surface area contributed by atoms with Crippen molar-refractivity contribution in [1.82, 2.24) is 0 Å². The monoisotopic (exact) mass is 371 g/mol. The zero-order valence-corrected chi connectivity index (χ0v) is 13.6. The molecule has 0 spiro atoms. The summed E-state index contributed by atoms with van der Waals surface area (Å²) in [5.41, 5.74) is 0.891. The Balaban J connectivity index is 2.17. The Bertz CT molecular complexity index is 746. The lowest BCUT2D eigenvalue weighted by molar-refractivity contribution is 0.294. The summed E-state index contributed by atoms with van der Waals surface area (Å²) in [7, 11) is -2.13. The molecule has 0 radical (unpaired) electrons. The molecule has 0 aromatic heterocycles. The molecule has 0 aliphatic heterocycles. The summed E-state index contributed by atoms with van der Waals surface area (Å²) in [6.45, 7) is 0.303. The van der Waals surface area contributed by atoms with Crippen molar-refractivity contribution in [3.05, 3.63) is 52.5 Å². The molecule has 0 saturated heterocycles. The molecule has 0 aliphatic rings. The Morgan fingerprint density at radius 2 is 1.86 bits per heavy atom. The summed E-state index contributed by atoms with van der Waals surface area (Å²) >= 11 is 3.27. The van der Waals surface area contributed by atoms with Gasteiger partial charge in [0.25, 0.3) is 0 Å². The molecule has 0 saturated carbocycles. The second-order valence-electron chi connectivity index (χ2n) is 4.24. The lowest BCUT2D eigenvalue weighted by Crippen LogP contribution is -2.12. The summed E-state index contributed by atoms with van der Waals surface area (Å²) < 4.78 is 33.9. The Hall–Kier alpha value is -1.57. The summed E-state index contributed by atoms with van der Waals surface area (Å²) in [6.07, 6.45) is 0. The molecule has 2 aromatic carbocycles. The van der Waals surface area contributed by atoms with Crippen molar-refractivity contribution >= 4 is 26.0 Å². The Labute approximate surface area is 131 Å².